The van der Waals surface area contributed by atoms with Gasteiger partial charge in [0.15, 0.2) is 5.82 Å². The number of rotatable bonds is 4. The van der Waals surface area contributed by atoms with Crippen LogP contribution in [0.2, 0.25) is 0 Å². The Morgan fingerprint density at radius 2 is 2.08 bits per heavy atom. The second-order valence-electron chi connectivity index (χ2n) is 4.75. The summed E-state index contributed by atoms with van der Waals surface area (Å²) in [5.74, 6) is 0.581. The Balaban J connectivity index is 1.81. The van der Waals surface area contributed by atoms with Crippen LogP contribution in [0.4, 0.5) is 14.9 Å². The number of hydrogen-bond donors (Lipinski definition) is 2. The number of nitrogens with zero attached hydrogens (tertiary/aromatic N) is 3. The van der Waals surface area contributed by atoms with Crippen molar-refractivity contribution in [1.82, 2.24) is 14.3 Å². The molecule has 7 nitrogen and oxygen atoms in total. The summed E-state index contributed by atoms with van der Waals surface area (Å²) in [5.41, 5.74) is 5.50. The van der Waals surface area contributed by atoms with Crippen LogP contribution in [0.15, 0.2) is 36.5 Å². The van der Waals surface area contributed by atoms with Gasteiger partial charge < -0.3 is 15.8 Å². The van der Waals surface area contributed by atoms with Crippen LogP contribution < -0.4 is 15.8 Å². The molecule has 0 radical (unpaired) electrons. The molecule has 2 heterocycles. The Hall–Kier alpha value is -3.07. The van der Waals surface area contributed by atoms with Gasteiger partial charge in [-0.25, -0.2) is 14.2 Å². The van der Waals surface area contributed by atoms with Crippen LogP contribution in [0.25, 0.3) is 11.5 Å². The van der Waals surface area contributed by atoms with Gasteiger partial charge in [-0.1, -0.05) is 0 Å². The van der Waals surface area contributed by atoms with Crippen LogP contribution in [0.1, 0.15) is 5.01 Å². The lowest BCUT2D eigenvalue weighted by Gasteiger charge is -2.08. The van der Waals surface area contributed by atoms with Crippen molar-refractivity contribution in [2.45, 2.75) is 6.92 Å². The van der Waals surface area contributed by atoms with Crippen molar-refractivity contribution < 1.29 is 13.9 Å². The minimum atomic E-state index is -0.840. The number of hydrogen-bond acceptors (Lipinski definition) is 6. The van der Waals surface area contributed by atoms with Crippen LogP contribution >= 0.6 is 11.5 Å². The zero-order chi connectivity index (χ0) is 17.1. The minimum absolute atomic E-state index is 0.0209. The van der Waals surface area contributed by atoms with Crippen molar-refractivity contribution in [2.24, 2.45) is 5.73 Å². The second kappa shape index (κ2) is 6.59. The Kier molecular flexibility index (Phi) is 4.34. The predicted molar refractivity (Wildman–Crippen MR) is 87.6 cm³/mol. The second-order valence-corrected chi connectivity index (χ2v) is 5.70. The summed E-state index contributed by atoms with van der Waals surface area (Å²) >= 11 is 1.28. The first kappa shape index (κ1) is 15.8. The number of aryl methyl sites for hydroxylation is 1. The van der Waals surface area contributed by atoms with Gasteiger partial charge in [0.1, 0.15) is 28.0 Å². The molecule has 0 saturated carbocycles. The molecule has 2 aromatic heterocycles. The normalized spacial score (nSPS) is 10.4. The quantitative estimate of drug-likeness (QED) is 0.755. The summed E-state index contributed by atoms with van der Waals surface area (Å²) in [6.45, 7) is 1.85. The van der Waals surface area contributed by atoms with E-state index in [4.69, 9.17) is 10.5 Å². The number of ether oxygens (including phenoxy) is 1. The summed E-state index contributed by atoms with van der Waals surface area (Å²) in [7, 11) is 0. The number of nitrogens with one attached hydrogen (secondary N) is 1. The highest BCUT2D eigenvalue weighted by Gasteiger charge is 2.09. The van der Waals surface area contributed by atoms with E-state index in [1.165, 1.54) is 23.7 Å². The van der Waals surface area contributed by atoms with Crippen molar-refractivity contribution in [3.05, 3.63) is 47.4 Å². The number of pyridine rings is 1. The van der Waals surface area contributed by atoms with Gasteiger partial charge in [0.05, 0.1) is 5.69 Å². The molecule has 0 atom stereocenters. The lowest BCUT2D eigenvalue weighted by Crippen LogP contribution is -2.19. The SMILES string of the molecule is Cc1nc(-c2cc(Oc3ccc(NC(N)=O)c(F)c3)ccn2)ns1. The molecule has 0 saturated heterocycles. The van der Waals surface area contributed by atoms with E-state index >= 15 is 0 Å². The molecule has 0 unspecified atom stereocenters. The molecule has 0 aliphatic carbocycles. The predicted octanol–water partition coefficient (Wildman–Crippen LogP) is 3.33. The number of amides is 2. The monoisotopic (exact) mass is 345 g/mol. The molecule has 0 fully saturated rings. The number of aromatic nitrogens is 3. The van der Waals surface area contributed by atoms with Gasteiger partial charge in [0, 0.05) is 18.3 Å². The fourth-order valence-electron chi connectivity index (χ4n) is 1.93. The molecule has 0 bridgehead atoms. The summed E-state index contributed by atoms with van der Waals surface area (Å²) in [5, 5.41) is 3.01. The first-order chi connectivity index (χ1) is 11.5. The summed E-state index contributed by atoms with van der Waals surface area (Å²) in [6.07, 6.45) is 1.56. The zero-order valence-electron chi connectivity index (χ0n) is 12.5. The number of benzene rings is 1. The van der Waals surface area contributed by atoms with Crippen LogP contribution in [-0.2, 0) is 0 Å². The largest absolute Gasteiger partial charge is 0.457 e. The molecular weight excluding hydrogens is 333 g/mol. The van der Waals surface area contributed by atoms with E-state index in [0.717, 1.165) is 11.1 Å². The van der Waals surface area contributed by atoms with Crippen molar-refractivity contribution >= 4 is 23.3 Å². The average molecular weight is 345 g/mol. The fourth-order valence-corrected chi connectivity index (χ4v) is 2.41. The molecule has 0 aliphatic heterocycles. The Morgan fingerprint density at radius 3 is 2.75 bits per heavy atom. The highest BCUT2D eigenvalue weighted by atomic mass is 32.1. The van der Waals surface area contributed by atoms with Gasteiger partial charge in [0.25, 0.3) is 0 Å². The molecule has 24 heavy (non-hydrogen) atoms. The number of urea groups is 1. The number of anilines is 1. The van der Waals surface area contributed by atoms with E-state index in [2.05, 4.69) is 19.7 Å². The van der Waals surface area contributed by atoms with Gasteiger partial charge in [-0.2, -0.15) is 4.37 Å². The fraction of sp³-hybridized carbons (Fsp3) is 0.0667. The first-order valence-corrected chi connectivity index (χ1v) is 7.59. The maximum absolute atomic E-state index is 13.9. The Morgan fingerprint density at radius 1 is 1.29 bits per heavy atom. The lowest BCUT2D eigenvalue weighted by atomic mass is 10.3. The molecule has 9 heteroatoms. The summed E-state index contributed by atoms with van der Waals surface area (Å²) in [4.78, 5) is 19.2. The number of carbonyl (C=O) groups is 1. The van der Waals surface area contributed by atoms with Gasteiger partial charge in [0.2, 0.25) is 0 Å². The van der Waals surface area contributed by atoms with Crippen molar-refractivity contribution in [3.8, 4) is 23.0 Å². The third kappa shape index (κ3) is 3.63. The molecule has 0 aliphatic rings. The van der Waals surface area contributed by atoms with E-state index in [0.29, 0.717) is 17.3 Å². The van der Waals surface area contributed by atoms with Crippen molar-refractivity contribution in [1.29, 1.82) is 0 Å². The van der Waals surface area contributed by atoms with E-state index in [1.54, 1.807) is 18.3 Å². The van der Waals surface area contributed by atoms with Crippen LogP contribution in [0, 0.1) is 12.7 Å². The molecule has 3 rings (SSSR count). The smallest absolute Gasteiger partial charge is 0.316 e. The zero-order valence-corrected chi connectivity index (χ0v) is 13.3. The maximum Gasteiger partial charge on any atom is 0.316 e. The topological polar surface area (TPSA) is 103 Å². The summed E-state index contributed by atoms with van der Waals surface area (Å²) in [6, 6.07) is 6.48. The highest BCUT2D eigenvalue weighted by molar-refractivity contribution is 7.05. The van der Waals surface area contributed by atoms with Gasteiger partial charge in [-0.3, -0.25) is 4.98 Å². The molecule has 122 valence electrons. The number of halogens is 1. The summed E-state index contributed by atoms with van der Waals surface area (Å²) < 4.78 is 23.7. The molecule has 2 amide bonds. The van der Waals surface area contributed by atoms with E-state index in [9.17, 15) is 9.18 Å². The Bertz CT molecular complexity index is 899. The third-order valence-corrected chi connectivity index (χ3v) is 3.54. The van der Waals surface area contributed by atoms with Crippen molar-refractivity contribution in [3.63, 3.8) is 0 Å². The molecule has 3 aromatic rings. The maximum atomic E-state index is 13.9. The number of nitrogens with two attached hydrogens (primary N) is 1. The highest BCUT2D eigenvalue weighted by Crippen LogP contribution is 2.27. The molecular formula is C15H12FN5O2S. The van der Waals surface area contributed by atoms with Crippen LogP contribution in [0.5, 0.6) is 11.5 Å². The van der Waals surface area contributed by atoms with Crippen molar-refractivity contribution in [2.75, 3.05) is 5.32 Å². The minimum Gasteiger partial charge on any atom is -0.457 e. The standard InChI is InChI=1S/C15H12FN5O2S/c1-8-19-14(21-24-8)13-7-10(4-5-18-13)23-9-2-3-12(11(16)6-9)20-15(17)22/h2-7H,1H3,(H3,17,20,22). The third-order valence-electron chi connectivity index (χ3n) is 2.92. The van der Waals surface area contributed by atoms with E-state index < -0.39 is 11.8 Å². The van der Waals surface area contributed by atoms with Gasteiger partial charge in [-0.05, 0) is 36.7 Å². The molecule has 1 aromatic carbocycles. The Labute approximate surface area is 140 Å². The van der Waals surface area contributed by atoms with E-state index in [-0.39, 0.29) is 11.4 Å². The average Bonchev–Trinajstić information content (AvgIpc) is 2.97. The molecule has 0 spiro atoms. The van der Waals surface area contributed by atoms with Gasteiger partial charge in [-0.15, -0.1) is 0 Å². The van der Waals surface area contributed by atoms with Crippen LogP contribution in [-0.4, -0.2) is 20.4 Å². The number of primary amides is 1. The lowest BCUT2D eigenvalue weighted by molar-refractivity contribution is 0.259. The van der Waals surface area contributed by atoms with Gasteiger partial charge >= 0.3 is 6.03 Å². The number of carbonyl (C=O) groups excluding carboxylic acids is 1. The van der Waals surface area contributed by atoms with E-state index in [1.807, 2.05) is 6.92 Å². The molecule has 3 N–H and O–H groups in total. The van der Waals surface area contributed by atoms with Crippen LogP contribution in [0.3, 0.4) is 0 Å². The first-order valence-electron chi connectivity index (χ1n) is 6.82.